The molecule has 31 heavy (non-hydrogen) atoms. The van der Waals surface area contributed by atoms with Gasteiger partial charge in [-0.2, -0.15) is 0 Å². The SMILES string of the molecule is COc1ccc(C(=O)[C@@H]2CCCN(C(=O)c3cc4ccccc4oc3=O)C2)cc1OC. The predicted molar refractivity (Wildman–Crippen MR) is 115 cm³/mol. The highest BCUT2D eigenvalue weighted by Gasteiger charge is 2.31. The monoisotopic (exact) mass is 421 g/mol. The lowest BCUT2D eigenvalue weighted by Crippen LogP contribution is -2.43. The molecular weight excluding hydrogens is 398 g/mol. The van der Waals surface area contributed by atoms with Crippen molar-refractivity contribution in [3.05, 3.63) is 70.1 Å². The van der Waals surface area contributed by atoms with E-state index in [0.29, 0.717) is 47.4 Å². The molecule has 2 heterocycles. The molecule has 1 saturated heterocycles. The fourth-order valence-electron chi connectivity index (χ4n) is 3.98. The molecule has 1 aromatic heterocycles. The second kappa shape index (κ2) is 8.63. The van der Waals surface area contributed by atoms with Crippen LogP contribution in [-0.2, 0) is 0 Å². The maximum atomic E-state index is 13.1. The molecule has 7 nitrogen and oxygen atoms in total. The average Bonchev–Trinajstić information content (AvgIpc) is 2.82. The van der Waals surface area contributed by atoms with E-state index in [9.17, 15) is 14.4 Å². The lowest BCUT2D eigenvalue weighted by atomic mass is 9.89. The average molecular weight is 421 g/mol. The van der Waals surface area contributed by atoms with Crippen LogP contribution in [-0.4, -0.2) is 43.9 Å². The summed E-state index contributed by atoms with van der Waals surface area (Å²) in [6, 6.07) is 13.7. The molecule has 1 amide bonds. The molecule has 4 rings (SSSR count). The van der Waals surface area contributed by atoms with Crippen molar-refractivity contribution >= 4 is 22.7 Å². The molecule has 1 atom stereocenters. The number of Topliss-reactive ketones (excluding diaryl/α,β-unsaturated/α-hetero) is 1. The molecule has 1 fully saturated rings. The number of nitrogens with zero attached hydrogens (tertiary/aromatic N) is 1. The summed E-state index contributed by atoms with van der Waals surface area (Å²) < 4.78 is 15.8. The first-order valence-corrected chi connectivity index (χ1v) is 10.1. The van der Waals surface area contributed by atoms with E-state index < -0.39 is 11.5 Å². The van der Waals surface area contributed by atoms with Crippen molar-refractivity contribution in [2.24, 2.45) is 5.92 Å². The number of methoxy groups -OCH3 is 2. The molecule has 2 aromatic carbocycles. The molecule has 0 spiro atoms. The van der Waals surface area contributed by atoms with Gasteiger partial charge in [-0.3, -0.25) is 9.59 Å². The van der Waals surface area contributed by atoms with E-state index in [0.717, 1.165) is 0 Å². The zero-order valence-corrected chi connectivity index (χ0v) is 17.4. The quantitative estimate of drug-likeness (QED) is 0.463. The van der Waals surface area contributed by atoms with E-state index in [1.807, 2.05) is 6.07 Å². The summed E-state index contributed by atoms with van der Waals surface area (Å²) in [6.45, 7) is 0.735. The molecule has 0 radical (unpaired) electrons. The Kier molecular flexibility index (Phi) is 5.75. The Balaban J connectivity index is 1.56. The number of para-hydroxylation sites is 1. The Labute approximate surface area is 179 Å². The number of amides is 1. The highest BCUT2D eigenvalue weighted by atomic mass is 16.5. The number of carbonyl (C=O) groups is 2. The molecule has 160 valence electrons. The van der Waals surface area contributed by atoms with Crippen LogP contribution in [0.25, 0.3) is 11.0 Å². The van der Waals surface area contributed by atoms with Gasteiger partial charge in [0.2, 0.25) is 0 Å². The van der Waals surface area contributed by atoms with Crippen LogP contribution in [0.15, 0.2) is 57.7 Å². The summed E-state index contributed by atoms with van der Waals surface area (Å²) in [5.41, 5.74) is 0.251. The minimum atomic E-state index is -0.669. The van der Waals surface area contributed by atoms with Crippen molar-refractivity contribution < 1.29 is 23.5 Å². The molecule has 7 heteroatoms. The Morgan fingerprint density at radius 2 is 1.81 bits per heavy atom. The fraction of sp³-hybridized carbons (Fsp3) is 0.292. The first-order valence-electron chi connectivity index (χ1n) is 10.1. The molecular formula is C24H23NO6. The zero-order valence-electron chi connectivity index (χ0n) is 17.4. The van der Waals surface area contributed by atoms with Crippen LogP contribution in [0.2, 0.25) is 0 Å². The molecule has 0 unspecified atom stereocenters. The fourth-order valence-corrected chi connectivity index (χ4v) is 3.98. The molecule has 0 aliphatic carbocycles. The van der Waals surface area contributed by atoms with Gasteiger partial charge in [0, 0.05) is 30.0 Å². The first-order chi connectivity index (χ1) is 15.0. The third-order valence-corrected chi connectivity index (χ3v) is 5.62. The molecule has 0 saturated carbocycles. The van der Waals surface area contributed by atoms with E-state index >= 15 is 0 Å². The van der Waals surface area contributed by atoms with Crippen LogP contribution in [0.1, 0.15) is 33.6 Å². The number of hydrogen-bond acceptors (Lipinski definition) is 6. The number of carbonyl (C=O) groups excluding carboxylic acids is 2. The Morgan fingerprint density at radius 1 is 1.03 bits per heavy atom. The van der Waals surface area contributed by atoms with Gasteiger partial charge < -0.3 is 18.8 Å². The van der Waals surface area contributed by atoms with E-state index in [4.69, 9.17) is 13.9 Å². The Bertz CT molecular complexity index is 1200. The summed E-state index contributed by atoms with van der Waals surface area (Å²) in [7, 11) is 3.05. The van der Waals surface area contributed by atoms with Crippen LogP contribution >= 0.6 is 0 Å². The van der Waals surface area contributed by atoms with Crippen molar-refractivity contribution in [2.75, 3.05) is 27.3 Å². The van der Waals surface area contributed by atoms with Crippen molar-refractivity contribution in [1.29, 1.82) is 0 Å². The maximum Gasteiger partial charge on any atom is 0.349 e. The minimum absolute atomic E-state index is 0.0158. The van der Waals surface area contributed by atoms with Crippen molar-refractivity contribution in [2.45, 2.75) is 12.8 Å². The topological polar surface area (TPSA) is 86.0 Å². The normalized spacial score (nSPS) is 16.2. The van der Waals surface area contributed by atoms with Crippen molar-refractivity contribution in [3.8, 4) is 11.5 Å². The summed E-state index contributed by atoms with van der Waals surface area (Å²) >= 11 is 0. The lowest BCUT2D eigenvalue weighted by molar-refractivity contribution is 0.0633. The van der Waals surface area contributed by atoms with Crippen molar-refractivity contribution in [1.82, 2.24) is 4.90 Å². The van der Waals surface area contributed by atoms with Crippen LogP contribution in [0.4, 0.5) is 0 Å². The number of fused-ring (bicyclic) bond motifs is 1. The highest BCUT2D eigenvalue weighted by molar-refractivity contribution is 6.00. The molecule has 1 aliphatic heterocycles. The van der Waals surface area contributed by atoms with Gasteiger partial charge >= 0.3 is 5.63 Å². The second-order valence-electron chi connectivity index (χ2n) is 7.51. The lowest BCUT2D eigenvalue weighted by Gasteiger charge is -2.32. The van der Waals surface area contributed by atoms with E-state index in [2.05, 4.69) is 0 Å². The van der Waals surface area contributed by atoms with E-state index in [1.165, 1.54) is 14.2 Å². The van der Waals surface area contributed by atoms with Crippen LogP contribution in [0.5, 0.6) is 11.5 Å². The van der Waals surface area contributed by atoms with Gasteiger partial charge in [-0.1, -0.05) is 18.2 Å². The van der Waals surface area contributed by atoms with Gasteiger partial charge in [0.1, 0.15) is 11.1 Å². The van der Waals surface area contributed by atoms with Gasteiger partial charge in [-0.15, -0.1) is 0 Å². The van der Waals surface area contributed by atoms with Gasteiger partial charge in [0.25, 0.3) is 5.91 Å². The third-order valence-electron chi connectivity index (χ3n) is 5.62. The number of ether oxygens (including phenoxy) is 2. The van der Waals surface area contributed by atoms with Crippen LogP contribution in [0, 0.1) is 5.92 Å². The Hall–Kier alpha value is -3.61. The Morgan fingerprint density at radius 3 is 2.58 bits per heavy atom. The first kappa shape index (κ1) is 20.7. The van der Waals surface area contributed by atoms with Gasteiger partial charge in [0.05, 0.1) is 14.2 Å². The van der Waals surface area contributed by atoms with Gasteiger partial charge in [-0.25, -0.2) is 4.79 Å². The zero-order chi connectivity index (χ0) is 22.0. The minimum Gasteiger partial charge on any atom is -0.493 e. The highest BCUT2D eigenvalue weighted by Crippen LogP contribution is 2.30. The molecule has 0 bridgehead atoms. The van der Waals surface area contributed by atoms with Crippen molar-refractivity contribution in [3.63, 3.8) is 0 Å². The number of likely N-dealkylation sites (tertiary alicyclic amines) is 1. The summed E-state index contributed by atoms with van der Waals surface area (Å²) in [6.07, 6.45) is 1.34. The molecule has 0 N–H and O–H groups in total. The summed E-state index contributed by atoms with van der Waals surface area (Å²) in [5, 5.41) is 0.681. The molecule has 1 aliphatic rings. The number of ketones is 1. The summed E-state index contributed by atoms with van der Waals surface area (Å²) in [4.78, 5) is 40.1. The van der Waals surface area contributed by atoms with Crippen LogP contribution < -0.4 is 15.1 Å². The van der Waals surface area contributed by atoms with Gasteiger partial charge in [0.15, 0.2) is 17.3 Å². The number of benzene rings is 2. The number of hydrogen-bond donors (Lipinski definition) is 0. The van der Waals surface area contributed by atoms with Gasteiger partial charge in [-0.05, 0) is 43.2 Å². The standard InChI is InChI=1S/C24H23NO6/c1-29-20-10-9-16(13-21(20)30-2)22(26)17-7-5-11-25(14-17)23(27)18-12-15-6-3-4-8-19(15)31-24(18)28/h3-4,6,8-10,12-13,17H,5,7,11,14H2,1-2H3/t17-/m1/s1. The second-order valence-corrected chi connectivity index (χ2v) is 7.51. The largest absolute Gasteiger partial charge is 0.493 e. The summed E-state index contributed by atoms with van der Waals surface area (Å²) in [5.74, 6) is 0.185. The smallest absolute Gasteiger partial charge is 0.349 e. The molecule has 3 aromatic rings. The third kappa shape index (κ3) is 4.03. The maximum absolute atomic E-state index is 13.1. The number of piperidine rings is 1. The van der Waals surface area contributed by atoms with E-state index in [1.54, 1.807) is 47.4 Å². The number of rotatable bonds is 5. The van der Waals surface area contributed by atoms with Crippen LogP contribution in [0.3, 0.4) is 0 Å². The van der Waals surface area contributed by atoms with E-state index in [-0.39, 0.29) is 23.8 Å². The predicted octanol–water partition coefficient (Wildman–Crippen LogP) is 3.55.